The monoisotopic (exact) mass is 437 g/mol. The normalized spacial score (nSPS) is 22.9. The van der Waals surface area contributed by atoms with Gasteiger partial charge in [0.2, 0.25) is 0 Å². The van der Waals surface area contributed by atoms with E-state index in [1.807, 2.05) is 6.92 Å². The van der Waals surface area contributed by atoms with Crippen molar-refractivity contribution < 1.29 is 14.3 Å². The van der Waals surface area contributed by atoms with Gasteiger partial charge in [0.15, 0.2) is 0 Å². The standard InChI is InChI=1S/C28H39NO3/c1-4-31-28(30)23-13-15-29(16-14-23)19-21-5-6-25-18-27(12-9-24(25)17-21)32-26-10-7-22(8-11-26)20(2)3/h5-6,9,12,17-18,20,22-23,26H,4,7-8,10-11,13-16,19H2,1-3H3/t22-,26-. The molecule has 32 heavy (non-hydrogen) atoms. The molecule has 0 atom stereocenters. The Labute approximate surface area is 193 Å². The quantitative estimate of drug-likeness (QED) is 0.483. The van der Waals surface area contributed by atoms with Crippen LogP contribution in [-0.4, -0.2) is 36.7 Å². The Kier molecular flexibility index (Phi) is 7.72. The number of hydrogen-bond acceptors (Lipinski definition) is 4. The summed E-state index contributed by atoms with van der Waals surface area (Å²) in [7, 11) is 0. The largest absolute Gasteiger partial charge is 0.490 e. The molecule has 2 aromatic rings. The molecule has 0 amide bonds. The van der Waals surface area contributed by atoms with Gasteiger partial charge in [0.25, 0.3) is 0 Å². The summed E-state index contributed by atoms with van der Waals surface area (Å²) in [6.07, 6.45) is 7.07. The third kappa shape index (κ3) is 5.83. The van der Waals surface area contributed by atoms with Crippen LogP contribution in [0.25, 0.3) is 10.8 Å². The first-order valence-corrected chi connectivity index (χ1v) is 12.6. The fourth-order valence-corrected chi connectivity index (χ4v) is 5.36. The van der Waals surface area contributed by atoms with Gasteiger partial charge in [-0.05, 0) is 105 Å². The average Bonchev–Trinajstić information content (AvgIpc) is 2.80. The van der Waals surface area contributed by atoms with Crippen molar-refractivity contribution >= 4 is 16.7 Å². The van der Waals surface area contributed by atoms with Crippen molar-refractivity contribution in [2.75, 3.05) is 19.7 Å². The zero-order valence-electron chi connectivity index (χ0n) is 20.0. The third-order valence-corrected chi connectivity index (χ3v) is 7.45. The highest BCUT2D eigenvalue weighted by molar-refractivity contribution is 5.84. The molecule has 0 radical (unpaired) electrons. The Balaban J connectivity index is 1.31. The van der Waals surface area contributed by atoms with E-state index in [-0.39, 0.29) is 11.9 Å². The molecule has 4 nitrogen and oxygen atoms in total. The first-order valence-electron chi connectivity index (χ1n) is 12.6. The minimum Gasteiger partial charge on any atom is -0.490 e. The van der Waals surface area contributed by atoms with Crippen LogP contribution < -0.4 is 4.74 Å². The van der Waals surface area contributed by atoms with Crippen molar-refractivity contribution in [1.82, 2.24) is 4.90 Å². The number of esters is 1. The Morgan fingerprint density at radius 1 is 0.969 bits per heavy atom. The van der Waals surface area contributed by atoms with Crippen LogP contribution in [0.1, 0.15) is 64.9 Å². The summed E-state index contributed by atoms with van der Waals surface area (Å²) in [6, 6.07) is 13.3. The van der Waals surface area contributed by atoms with E-state index in [0.717, 1.165) is 50.1 Å². The first kappa shape index (κ1) is 23.1. The summed E-state index contributed by atoms with van der Waals surface area (Å²) in [5.41, 5.74) is 1.33. The van der Waals surface area contributed by atoms with Crippen LogP contribution >= 0.6 is 0 Å². The fourth-order valence-electron chi connectivity index (χ4n) is 5.36. The number of hydrogen-bond donors (Lipinski definition) is 0. The topological polar surface area (TPSA) is 38.8 Å². The number of carbonyl (C=O) groups is 1. The SMILES string of the molecule is CCOC(=O)C1CCN(Cc2ccc3cc(O[C@H]4CC[C@H](C(C)C)CC4)ccc3c2)CC1. The molecule has 2 fully saturated rings. The minimum absolute atomic E-state index is 0.0242. The molecule has 0 unspecified atom stereocenters. The summed E-state index contributed by atoms with van der Waals surface area (Å²) in [6.45, 7) is 9.87. The Bertz CT molecular complexity index is 893. The van der Waals surface area contributed by atoms with Gasteiger partial charge in [-0.1, -0.05) is 32.0 Å². The zero-order chi connectivity index (χ0) is 22.5. The second-order valence-corrected chi connectivity index (χ2v) is 10.0. The van der Waals surface area contributed by atoms with Gasteiger partial charge in [0.1, 0.15) is 5.75 Å². The van der Waals surface area contributed by atoms with Gasteiger partial charge in [0, 0.05) is 6.54 Å². The van der Waals surface area contributed by atoms with E-state index in [0.29, 0.717) is 12.7 Å². The van der Waals surface area contributed by atoms with Gasteiger partial charge >= 0.3 is 5.97 Å². The highest BCUT2D eigenvalue weighted by Crippen LogP contribution is 2.33. The van der Waals surface area contributed by atoms with Gasteiger partial charge in [-0.3, -0.25) is 9.69 Å². The van der Waals surface area contributed by atoms with Crippen molar-refractivity contribution in [3.8, 4) is 5.75 Å². The van der Waals surface area contributed by atoms with Gasteiger partial charge in [0.05, 0.1) is 18.6 Å². The molecule has 2 aliphatic rings. The lowest BCUT2D eigenvalue weighted by Gasteiger charge is -2.31. The highest BCUT2D eigenvalue weighted by Gasteiger charge is 2.26. The molecule has 0 spiro atoms. The lowest BCUT2D eigenvalue weighted by Crippen LogP contribution is -2.36. The summed E-state index contributed by atoms with van der Waals surface area (Å²) in [4.78, 5) is 14.4. The molecule has 0 bridgehead atoms. The number of piperidine rings is 1. The molecule has 1 aliphatic heterocycles. The van der Waals surface area contributed by atoms with E-state index in [4.69, 9.17) is 9.47 Å². The van der Waals surface area contributed by atoms with Crippen LogP contribution in [0, 0.1) is 17.8 Å². The van der Waals surface area contributed by atoms with E-state index in [2.05, 4.69) is 55.1 Å². The van der Waals surface area contributed by atoms with Gasteiger partial charge in [-0.15, -0.1) is 0 Å². The predicted molar refractivity (Wildman–Crippen MR) is 130 cm³/mol. The van der Waals surface area contributed by atoms with Crippen LogP contribution in [0.3, 0.4) is 0 Å². The molecule has 1 saturated carbocycles. The number of nitrogens with zero attached hydrogens (tertiary/aromatic N) is 1. The molecule has 4 rings (SSSR count). The zero-order valence-corrected chi connectivity index (χ0v) is 20.0. The molecule has 1 heterocycles. The lowest BCUT2D eigenvalue weighted by atomic mass is 9.80. The second-order valence-electron chi connectivity index (χ2n) is 10.0. The second kappa shape index (κ2) is 10.7. The summed E-state index contributed by atoms with van der Waals surface area (Å²) < 4.78 is 11.5. The molecule has 0 N–H and O–H groups in total. The molecule has 174 valence electrons. The van der Waals surface area contributed by atoms with E-state index in [9.17, 15) is 4.79 Å². The van der Waals surface area contributed by atoms with E-state index < -0.39 is 0 Å². The van der Waals surface area contributed by atoms with Crippen LogP contribution in [0.2, 0.25) is 0 Å². The Morgan fingerprint density at radius 3 is 2.34 bits per heavy atom. The molecule has 4 heteroatoms. The maximum atomic E-state index is 12.0. The number of rotatable bonds is 7. The van der Waals surface area contributed by atoms with E-state index in [1.54, 1.807) is 0 Å². The summed E-state index contributed by atoms with van der Waals surface area (Å²) >= 11 is 0. The number of benzene rings is 2. The van der Waals surface area contributed by atoms with Crippen LogP contribution in [-0.2, 0) is 16.1 Å². The lowest BCUT2D eigenvalue weighted by molar-refractivity contribution is -0.149. The van der Waals surface area contributed by atoms with Crippen LogP contribution in [0.15, 0.2) is 36.4 Å². The van der Waals surface area contributed by atoms with Crippen molar-refractivity contribution in [2.24, 2.45) is 17.8 Å². The van der Waals surface area contributed by atoms with Crippen LogP contribution in [0.4, 0.5) is 0 Å². The minimum atomic E-state index is -0.0242. The molecule has 1 aliphatic carbocycles. The first-order chi connectivity index (χ1) is 15.5. The predicted octanol–water partition coefficient (Wildman–Crippen LogP) is 6.21. The molecule has 0 aromatic heterocycles. The maximum Gasteiger partial charge on any atom is 0.309 e. The van der Waals surface area contributed by atoms with Gasteiger partial charge in [-0.2, -0.15) is 0 Å². The average molecular weight is 438 g/mol. The van der Waals surface area contributed by atoms with Crippen molar-refractivity contribution in [3.05, 3.63) is 42.0 Å². The summed E-state index contributed by atoms with van der Waals surface area (Å²) in [5, 5.41) is 2.50. The summed E-state index contributed by atoms with van der Waals surface area (Å²) in [5.74, 6) is 2.69. The van der Waals surface area contributed by atoms with Crippen molar-refractivity contribution in [1.29, 1.82) is 0 Å². The van der Waals surface area contributed by atoms with E-state index >= 15 is 0 Å². The molecular formula is C28H39NO3. The molecular weight excluding hydrogens is 398 g/mol. The third-order valence-electron chi connectivity index (χ3n) is 7.45. The number of carbonyl (C=O) groups excluding carboxylic acids is 1. The van der Waals surface area contributed by atoms with Crippen molar-refractivity contribution in [2.45, 2.75) is 71.9 Å². The Morgan fingerprint density at radius 2 is 1.66 bits per heavy atom. The van der Waals surface area contributed by atoms with Crippen LogP contribution in [0.5, 0.6) is 5.75 Å². The highest BCUT2D eigenvalue weighted by atomic mass is 16.5. The Hall–Kier alpha value is -2.07. The number of likely N-dealkylation sites (tertiary alicyclic amines) is 1. The number of fused-ring (bicyclic) bond motifs is 1. The molecule has 2 aromatic carbocycles. The number of ether oxygens (including phenoxy) is 2. The maximum absolute atomic E-state index is 12.0. The molecule has 1 saturated heterocycles. The van der Waals surface area contributed by atoms with Gasteiger partial charge in [-0.25, -0.2) is 0 Å². The fraction of sp³-hybridized carbons (Fsp3) is 0.607. The smallest absolute Gasteiger partial charge is 0.309 e. The van der Waals surface area contributed by atoms with Crippen molar-refractivity contribution in [3.63, 3.8) is 0 Å². The van der Waals surface area contributed by atoms with Gasteiger partial charge < -0.3 is 9.47 Å². The van der Waals surface area contributed by atoms with E-state index in [1.165, 1.54) is 42.0 Å².